The molecule has 0 unspecified atom stereocenters. The first kappa shape index (κ1) is 13.3. The Morgan fingerprint density at radius 3 is 2.61 bits per heavy atom. The van der Waals surface area contributed by atoms with E-state index >= 15 is 0 Å². The largest absolute Gasteiger partial charge is 0.434 e. The van der Waals surface area contributed by atoms with E-state index in [-0.39, 0.29) is 5.75 Å². The molecule has 0 heterocycles. The summed E-state index contributed by atoms with van der Waals surface area (Å²) in [5.41, 5.74) is 0.795. The van der Waals surface area contributed by atoms with Gasteiger partial charge in [-0.05, 0) is 18.9 Å². The Balaban J connectivity index is 1.91. The summed E-state index contributed by atoms with van der Waals surface area (Å²) in [4.78, 5) is 0. The van der Waals surface area contributed by atoms with E-state index in [1.807, 2.05) is 12.1 Å². The summed E-state index contributed by atoms with van der Waals surface area (Å²) in [6.07, 6.45) is 6.18. The van der Waals surface area contributed by atoms with Crippen LogP contribution in [0.25, 0.3) is 0 Å². The lowest BCUT2D eigenvalue weighted by molar-refractivity contribution is -0.0505. The highest BCUT2D eigenvalue weighted by Crippen LogP contribution is 2.22. The lowest BCUT2D eigenvalue weighted by Crippen LogP contribution is -2.30. The Bertz CT molecular complexity index is 365. The van der Waals surface area contributed by atoms with Gasteiger partial charge in [-0.1, -0.05) is 37.5 Å². The molecule has 0 atom stereocenters. The van der Waals surface area contributed by atoms with Crippen molar-refractivity contribution in [3.05, 3.63) is 29.8 Å². The molecule has 100 valence electrons. The maximum atomic E-state index is 12.3. The topological polar surface area (TPSA) is 21.3 Å². The van der Waals surface area contributed by atoms with Crippen molar-refractivity contribution in [3.63, 3.8) is 0 Å². The van der Waals surface area contributed by atoms with E-state index in [4.69, 9.17) is 0 Å². The van der Waals surface area contributed by atoms with Gasteiger partial charge in [0.15, 0.2) is 0 Å². The van der Waals surface area contributed by atoms with E-state index < -0.39 is 6.61 Å². The fourth-order valence-electron chi connectivity index (χ4n) is 2.42. The summed E-state index contributed by atoms with van der Waals surface area (Å²) in [5, 5.41) is 3.43. The Morgan fingerprint density at radius 2 is 1.89 bits per heavy atom. The van der Waals surface area contributed by atoms with Crippen molar-refractivity contribution in [2.45, 2.75) is 51.3 Å². The third-order valence-electron chi connectivity index (χ3n) is 3.38. The van der Waals surface area contributed by atoms with Crippen molar-refractivity contribution >= 4 is 0 Å². The summed E-state index contributed by atoms with van der Waals surface area (Å²) in [6.45, 7) is -2.17. The molecule has 1 fully saturated rings. The zero-order valence-electron chi connectivity index (χ0n) is 10.4. The van der Waals surface area contributed by atoms with Crippen LogP contribution in [0.15, 0.2) is 24.3 Å². The number of hydrogen-bond donors (Lipinski definition) is 1. The van der Waals surface area contributed by atoms with Gasteiger partial charge in [-0.15, -0.1) is 0 Å². The SMILES string of the molecule is FC(F)Oc1ccccc1CNC1CCCCC1. The van der Waals surface area contributed by atoms with Gasteiger partial charge in [0.05, 0.1) is 0 Å². The average Bonchev–Trinajstić information content (AvgIpc) is 2.38. The van der Waals surface area contributed by atoms with Gasteiger partial charge in [-0.3, -0.25) is 0 Å². The lowest BCUT2D eigenvalue weighted by Gasteiger charge is -2.23. The van der Waals surface area contributed by atoms with Crippen LogP contribution in [0, 0.1) is 0 Å². The highest BCUT2D eigenvalue weighted by molar-refractivity contribution is 5.33. The Morgan fingerprint density at radius 1 is 1.17 bits per heavy atom. The van der Waals surface area contributed by atoms with Gasteiger partial charge in [0.2, 0.25) is 0 Å². The summed E-state index contributed by atoms with van der Waals surface area (Å²) < 4.78 is 29.0. The van der Waals surface area contributed by atoms with Crippen LogP contribution >= 0.6 is 0 Å². The number of hydrogen-bond acceptors (Lipinski definition) is 2. The molecule has 1 aliphatic carbocycles. The van der Waals surface area contributed by atoms with E-state index in [1.165, 1.54) is 32.1 Å². The van der Waals surface area contributed by atoms with Crippen LogP contribution in [-0.4, -0.2) is 12.7 Å². The molecule has 18 heavy (non-hydrogen) atoms. The van der Waals surface area contributed by atoms with Gasteiger partial charge in [-0.2, -0.15) is 8.78 Å². The summed E-state index contributed by atoms with van der Waals surface area (Å²) >= 11 is 0. The molecule has 0 spiro atoms. The van der Waals surface area contributed by atoms with Crippen LogP contribution in [0.1, 0.15) is 37.7 Å². The maximum Gasteiger partial charge on any atom is 0.387 e. The predicted molar refractivity (Wildman–Crippen MR) is 66.8 cm³/mol. The quantitative estimate of drug-likeness (QED) is 0.866. The second kappa shape index (κ2) is 6.69. The van der Waals surface area contributed by atoms with Gasteiger partial charge in [0.25, 0.3) is 0 Å². The minimum atomic E-state index is -2.76. The number of nitrogens with one attached hydrogen (secondary N) is 1. The van der Waals surface area contributed by atoms with Gasteiger partial charge in [0.1, 0.15) is 5.75 Å². The molecule has 1 N–H and O–H groups in total. The Kier molecular flexibility index (Phi) is 4.93. The average molecular weight is 255 g/mol. The van der Waals surface area contributed by atoms with E-state index in [0.29, 0.717) is 12.6 Å². The molecule has 0 bridgehead atoms. The maximum absolute atomic E-state index is 12.3. The third kappa shape index (κ3) is 3.95. The molecule has 1 aliphatic rings. The minimum Gasteiger partial charge on any atom is -0.434 e. The zero-order valence-corrected chi connectivity index (χ0v) is 10.4. The Hall–Kier alpha value is -1.16. The van der Waals surface area contributed by atoms with Crippen molar-refractivity contribution in [1.29, 1.82) is 0 Å². The molecule has 1 saturated carbocycles. The fraction of sp³-hybridized carbons (Fsp3) is 0.571. The number of halogens is 2. The zero-order chi connectivity index (χ0) is 12.8. The van der Waals surface area contributed by atoms with Gasteiger partial charge >= 0.3 is 6.61 Å². The molecule has 1 aromatic rings. The molecule has 2 rings (SSSR count). The van der Waals surface area contributed by atoms with Crippen LogP contribution in [0.2, 0.25) is 0 Å². The summed E-state index contributed by atoms with van der Waals surface area (Å²) in [5.74, 6) is 0.274. The van der Waals surface area contributed by atoms with E-state index in [9.17, 15) is 8.78 Å². The second-order valence-electron chi connectivity index (χ2n) is 4.70. The van der Waals surface area contributed by atoms with Crippen molar-refractivity contribution in [1.82, 2.24) is 5.32 Å². The molecule has 0 aliphatic heterocycles. The van der Waals surface area contributed by atoms with E-state index in [0.717, 1.165) is 5.56 Å². The van der Waals surface area contributed by atoms with Crippen molar-refractivity contribution in [2.75, 3.05) is 0 Å². The van der Waals surface area contributed by atoms with E-state index in [1.54, 1.807) is 12.1 Å². The number of alkyl halides is 2. The van der Waals surface area contributed by atoms with Crippen molar-refractivity contribution in [2.24, 2.45) is 0 Å². The molecule has 4 heteroatoms. The first-order valence-electron chi connectivity index (χ1n) is 6.52. The van der Waals surface area contributed by atoms with Crippen LogP contribution in [0.3, 0.4) is 0 Å². The highest BCUT2D eigenvalue weighted by atomic mass is 19.3. The van der Waals surface area contributed by atoms with Crippen molar-refractivity contribution < 1.29 is 13.5 Å². The fourth-order valence-corrected chi connectivity index (χ4v) is 2.42. The van der Waals surface area contributed by atoms with Crippen LogP contribution in [0.4, 0.5) is 8.78 Å². The Labute approximate surface area is 106 Å². The summed E-state index contributed by atoms with van der Waals surface area (Å²) in [7, 11) is 0. The van der Waals surface area contributed by atoms with Gasteiger partial charge < -0.3 is 10.1 Å². The molecular formula is C14H19F2NO. The first-order valence-corrected chi connectivity index (χ1v) is 6.52. The summed E-state index contributed by atoms with van der Waals surface area (Å²) in [6, 6.07) is 7.48. The highest BCUT2D eigenvalue weighted by Gasteiger charge is 2.14. The number of para-hydroxylation sites is 1. The second-order valence-corrected chi connectivity index (χ2v) is 4.70. The standard InChI is InChI=1S/C14H19F2NO/c15-14(16)18-13-9-5-4-6-11(13)10-17-12-7-2-1-3-8-12/h4-6,9,12,14,17H,1-3,7-8,10H2. The molecule has 1 aromatic carbocycles. The van der Waals surface area contributed by atoms with E-state index in [2.05, 4.69) is 10.1 Å². The van der Waals surface area contributed by atoms with Crippen molar-refractivity contribution in [3.8, 4) is 5.75 Å². The molecule has 0 amide bonds. The van der Waals surface area contributed by atoms with Crippen LogP contribution in [-0.2, 0) is 6.54 Å². The number of ether oxygens (including phenoxy) is 1. The molecule has 2 nitrogen and oxygen atoms in total. The molecular weight excluding hydrogens is 236 g/mol. The van der Waals surface area contributed by atoms with Gasteiger partial charge in [0, 0.05) is 18.2 Å². The van der Waals surface area contributed by atoms with Crippen LogP contribution < -0.4 is 10.1 Å². The predicted octanol–water partition coefficient (Wildman–Crippen LogP) is 3.71. The number of rotatable bonds is 5. The third-order valence-corrected chi connectivity index (χ3v) is 3.38. The molecule has 0 saturated heterocycles. The molecule has 0 aromatic heterocycles. The minimum absolute atomic E-state index is 0.274. The number of benzene rings is 1. The monoisotopic (exact) mass is 255 g/mol. The first-order chi connectivity index (χ1) is 8.75. The normalized spacial score (nSPS) is 17.1. The smallest absolute Gasteiger partial charge is 0.387 e. The van der Waals surface area contributed by atoms with Gasteiger partial charge in [-0.25, -0.2) is 0 Å². The van der Waals surface area contributed by atoms with Crippen LogP contribution in [0.5, 0.6) is 5.75 Å². The lowest BCUT2D eigenvalue weighted by atomic mass is 9.95. The molecule has 0 radical (unpaired) electrons.